The Morgan fingerprint density at radius 3 is 2.81 bits per heavy atom. The number of pyridine rings is 1. The van der Waals surface area contributed by atoms with E-state index in [1.807, 2.05) is 12.1 Å². The Morgan fingerprint density at radius 1 is 1.35 bits per heavy atom. The summed E-state index contributed by atoms with van der Waals surface area (Å²) in [5, 5.41) is 9.89. The van der Waals surface area contributed by atoms with Gasteiger partial charge in [0, 0.05) is 23.7 Å². The van der Waals surface area contributed by atoms with E-state index in [0.717, 1.165) is 18.4 Å². The molecule has 0 aliphatic carbocycles. The number of fused-ring (bicyclic) bond motifs is 1. The molecular weight excluding hydrogens is 329 g/mol. The van der Waals surface area contributed by atoms with Gasteiger partial charge in [0.25, 0.3) is 5.56 Å². The van der Waals surface area contributed by atoms with Crippen LogP contribution in [0.1, 0.15) is 44.7 Å². The molecule has 0 radical (unpaired) electrons. The van der Waals surface area contributed by atoms with Crippen molar-refractivity contribution in [1.29, 1.82) is 5.26 Å². The second-order valence-corrected chi connectivity index (χ2v) is 8.29. The topological polar surface area (TPSA) is 59.9 Å². The summed E-state index contributed by atoms with van der Waals surface area (Å²) >= 11 is 0. The number of alkyl halides is 1. The van der Waals surface area contributed by atoms with Crippen molar-refractivity contribution >= 4 is 10.9 Å². The van der Waals surface area contributed by atoms with Crippen molar-refractivity contribution in [3.63, 3.8) is 0 Å². The first-order chi connectivity index (χ1) is 12.3. The summed E-state index contributed by atoms with van der Waals surface area (Å²) in [6.07, 6.45) is 1.25. The van der Waals surface area contributed by atoms with Gasteiger partial charge in [-0.25, -0.2) is 4.39 Å². The SMILES string of the molecule is CC(C)(C)C1C(F)CCCN1CCc1cc2ccc(C#N)cc2[nH]c1=O. The number of nitrogens with one attached hydrogen (secondary N) is 1. The summed E-state index contributed by atoms with van der Waals surface area (Å²) in [6, 6.07) is 9.14. The highest BCUT2D eigenvalue weighted by Gasteiger charge is 2.39. The Balaban J connectivity index is 1.81. The van der Waals surface area contributed by atoms with Crippen molar-refractivity contribution in [2.45, 2.75) is 52.2 Å². The molecule has 0 saturated carbocycles. The molecule has 1 aliphatic rings. The molecule has 1 N–H and O–H groups in total. The van der Waals surface area contributed by atoms with Crippen LogP contribution < -0.4 is 5.56 Å². The van der Waals surface area contributed by atoms with Crippen LogP contribution in [0.5, 0.6) is 0 Å². The van der Waals surface area contributed by atoms with Gasteiger partial charge in [-0.05, 0) is 54.8 Å². The van der Waals surface area contributed by atoms with Gasteiger partial charge in [-0.15, -0.1) is 0 Å². The maximum Gasteiger partial charge on any atom is 0.251 e. The van der Waals surface area contributed by atoms with E-state index in [2.05, 4.69) is 36.7 Å². The first-order valence-corrected chi connectivity index (χ1v) is 9.24. The van der Waals surface area contributed by atoms with Gasteiger partial charge >= 0.3 is 0 Å². The molecule has 1 aliphatic heterocycles. The highest BCUT2D eigenvalue weighted by Crippen LogP contribution is 2.33. The number of hydrogen-bond donors (Lipinski definition) is 1. The zero-order valence-corrected chi connectivity index (χ0v) is 15.7. The summed E-state index contributed by atoms with van der Waals surface area (Å²) in [6.45, 7) is 7.79. The molecule has 0 spiro atoms. The summed E-state index contributed by atoms with van der Waals surface area (Å²) in [4.78, 5) is 17.5. The van der Waals surface area contributed by atoms with Gasteiger partial charge in [0.05, 0.1) is 11.6 Å². The Bertz CT molecular complexity index is 891. The van der Waals surface area contributed by atoms with Crippen molar-refractivity contribution in [3.05, 3.63) is 45.7 Å². The predicted molar refractivity (Wildman–Crippen MR) is 102 cm³/mol. The Hall–Kier alpha value is -2.19. The van der Waals surface area contributed by atoms with Gasteiger partial charge in [0.1, 0.15) is 6.17 Å². The molecule has 4 nitrogen and oxygen atoms in total. The molecule has 1 fully saturated rings. The van der Waals surface area contributed by atoms with E-state index in [4.69, 9.17) is 5.26 Å². The Morgan fingerprint density at radius 2 is 2.12 bits per heavy atom. The van der Waals surface area contributed by atoms with E-state index < -0.39 is 6.17 Å². The fourth-order valence-electron chi connectivity index (χ4n) is 4.12. The number of piperidine rings is 1. The first kappa shape index (κ1) is 18.6. The quantitative estimate of drug-likeness (QED) is 0.911. The van der Waals surface area contributed by atoms with Gasteiger partial charge in [0.2, 0.25) is 0 Å². The summed E-state index contributed by atoms with van der Waals surface area (Å²) in [5.41, 5.74) is 1.64. The van der Waals surface area contributed by atoms with E-state index in [1.54, 1.807) is 12.1 Å². The molecule has 1 aromatic carbocycles. The fourth-order valence-corrected chi connectivity index (χ4v) is 4.12. The number of aromatic amines is 1. The van der Waals surface area contributed by atoms with Crippen LogP contribution >= 0.6 is 0 Å². The number of benzene rings is 1. The van der Waals surface area contributed by atoms with Crippen LogP contribution in [0.3, 0.4) is 0 Å². The van der Waals surface area contributed by atoms with Crippen LogP contribution in [0, 0.1) is 16.7 Å². The molecule has 3 rings (SSSR count). The molecule has 26 heavy (non-hydrogen) atoms. The fraction of sp³-hybridized carbons (Fsp3) is 0.524. The van der Waals surface area contributed by atoms with E-state index in [-0.39, 0.29) is 17.0 Å². The van der Waals surface area contributed by atoms with E-state index in [1.165, 1.54) is 0 Å². The predicted octanol–water partition coefficient (Wildman–Crippen LogP) is 3.79. The molecular formula is C21H26FN3O. The summed E-state index contributed by atoms with van der Waals surface area (Å²) in [7, 11) is 0. The lowest BCUT2D eigenvalue weighted by Gasteiger charge is -2.45. The van der Waals surface area contributed by atoms with Crippen molar-refractivity contribution in [2.24, 2.45) is 5.41 Å². The van der Waals surface area contributed by atoms with Gasteiger partial charge in [0.15, 0.2) is 0 Å². The Labute approximate surface area is 153 Å². The highest BCUT2D eigenvalue weighted by molar-refractivity contribution is 5.80. The van der Waals surface area contributed by atoms with Crippen LogP contribution in [0.4, 0.5) is 4.39 Å². The smallest absolute Gasteiger partial charge is 0.251 e. The number of H-pyrrole nitrogens is 1. The highest BCUT2D eigenvalue weighted by atomic mass is 19.1. The number of aromatic nitrogens is 1. The Kier molecular flexibility index (Phi) is 5.15. The lowest BCUT2D eigenvalue weighted by Crippen LogP contribution is -2.54. The molecule has 2 unspecified atom stereocenters. The molecule has 2 atom stereocenters. The average molecular weight is 355 g/mol. The minimum Gasteiger partial charge on any atom is -0.322 e. The zero-order chi connectivity index (χ0) is 18.9. The van der Waals surface area contributed by atoms with Crippen LogP contribution in [0.25, 0.3) is 10.9 Å². The standard InChI is InChI=1S/C21H26FN3O/c1-21(2,3)19-17(22)5-4-9-25(19)10-8-16-12-15-7-6-14(13-23)11-18(15)24-20(16)26/h6-7,11-12,17,19H,4-5,8-10H2,1-3H3,(H,24,26). The normalized spacial score (nSPS) is 21.7. The molecule has 2 aromatic rings. The van der Waals surface area contributed by atoms with Gasteiger partial charge in [-0.2, -0.15) is 5.26 Å². The second kappa shape index (κ2) is 7.20. The van der Waals surface area contributed by atoms with Gasteiger partial charge in [-0.1, -0.05) is 26.8 Å². The zero-order valence-electron chi connectivity index (χ0n) is 15.7. The number of hydrogen-bond acceptors (Lipinski definition) is 3. The van der Waals surface area contributed by atoms with Crippen LogP contribution in [-0.2, 0) is 6.42 Å². The van der Waals surface area contributed by atoms with Crippen LogP contribution in [0.2, 0.25) is 0 Å². The van der Waals surface area contributed by atoms with E-state index in [9.17, 15) is 9.18 Å². The minimum absolute atomic E-state index is 0.117. The molecule has 0 bridgehead atoms. The van der Waals surface area contributed by atoms with Gasteiger partial charge < -0.3 is 4.98 Å². The minimum atomic E-state index is -0.817. The van der Waals surface area contributed by atoms with Crippen LogP contribution in [-0.4, -0.2) is 35.2 Å². The van der Waals surface area contributed by atoms with E-state index in [0.29, 0.717) is 36.0 Å². The summed E-state index contributed by atoms with van der Waals surface area (Å²) in [5.74, 6) is 0. The van der Waals surface area contributed by atoms with Gasteiger partial charge in [-0.3, -0.25) is 9.69 Å². The molecule has 0 amide bonds. The molecule has 5 heteroatoms. The number of halogens is 1. The van der Waals surface area contributed by atoms with Crippen molar-refractivity contribution in [1.82, 2.24) is 9.88 Å². The molecule has 138 valence electrons. The molecule has 1 aromatic heterocycles. The third kappa shape index (κ3) is 3.81. The molecule has 1 saturated heterocycles. The third-order valence-corrected chi connectivity index (χ3v) is 5.27. The van der Waals surface area contributed by atoms with Crippen LogP contribution in [0.15, 0.2) is 29.1 Å². The average Bonchev–Trinajstić information content (AvgIpc) is 2.58. The lowest BCUT2D eigenvalue weighted by atomic mass is 9.79. The third-order valence-electron chi connectivity index (χ3n) is 5.27. The number of nitrogens with zero attached hydrogens (tertiary/aromatic N) is 2. The number of rotatable bonds is 3. The van der Waals surface area contributed by atoms with Crippen molar-refractivity contribution in [3.8, 4) is 6.07 Å². The van der Waals surface area contributed by atoms with Crippen molar-refractivity contribution in [2.75, 3.05) is 13.1 Å². The largest absolute Gasteiger partial charge is 0.322 e. The number of nitriles is 1. The summed E-state index contributed by atoms with van der Waals surface area (Å²) < 4.78 is 14.5. The van der Waals surface area contributed by atoms with Crippen molar-refractivity contribution < 1.29 is 4.39 Å². The maximum atomic E-state index is 14.5. The second-order valence-electron chi connectivity index (χ2n) is 8.29. The number of likely N-dealkylation sites (tertiary alicyclic amines) is 1. The monoisotopic (exact) mass is 355 g/mol. The molecule has 2 heterocycles. The first-order valence-electron chi connectivity index (χ1n) is 9.24. The van der Waals surface area contributed by atoms with E-state index >= 15 is 0 Å². The lowest BCUT2D eigenvalue weighted by molar-refractivity contribution is 0.000545. The maximum absolute atomic E-state index is 14.5.